The van der Waals surface area contributed by atoms with E-state index in [-0.39, 0.29) is 5.91 Å². The Bertz CT molecular complexity index is 1100. The molecule has 0 radical (unpaired) electrons. The first-order valence-corrected chi connectivity index (χ1v) is 11.7. The summed E-state index contributed by atoms with van der Waals surface area (Å²) in [6.45, 7) is 4.16. The predicted octanol–water partition coefficient (Wildman–Crippen LogP) is 6.57. The molecule has 0 unspecified atom stereocenters. The van der Waals surface area contributed by atoms with Gasteiger partial charge in [-0.15, -0.1) is 0 Å². The molecule has 0 aliphatic rings. The fourth-order valence-electron chi connectivity index (χ4n) is 3.64. The van der Waals surface area contributed by atoms with Crippen LogP contribution in [0.1, 0.15) is 73.4 Å². The summed E-state index contributed by atoms with van der Waals surface area (Å²) in [6, 6.07) is 18.7. The van der Waals surface area contributed by atoms with Crippen LogP contribution in [0.2, 0.25) is 0 Å². The summed E-state index contributed by atoms with van der Waals surface area (Å²) in [4.78, 5) is 24.8. The second kappa shape index (κ2) is 12.5. The number of ether oxygens (including phenoxy) is 1. The molecule has 1 amide bonds. The van der Waals surface area contributed by atoms with Gasteiger partial charge in [0.1, 0.15) is 5.75 Å². The van der Waals surface area contributed by atoms with Gasteiger partial charge in [-0.25, -0.2) is 10.2 Å². The van der Waals surface area contributed by atoms with Crippen LogP contribution in [0, 0.1) is 6.92 Å². The molecular weight excluding hydrogens is 412 g/mol. The highest BCUT2D eigenvalue weighted by molar-refractivity contribution is 6.04. The minimum absolute atomic E-state index is 0.111. The van der Waals surface area contributed by atoms with E-state index in [4.69, 9.17) is 4.74 Å². The van der Waals surface area contributed by atoms with Crippen molar-refractivity contribution in [2.75, 3.05) is 0 Å². The fourth-order valence-corrected chi connectivity index (χ4v) is 3.64. The third kappa shape index (κ3) is 7.28. The van der Waals surface area contributed by atoms with Crippen molar-refractivity contribution in [2.24, 2.45) is 5.10 Å². The largest absolute Gasteiger partial charge is 0.422 e. The summed E-state index contributed by atoms with van der Waals surface area (Å²) in [5.41, 5.74) is 4.80. The number of aryl methyl sites for hydroxylation is 1. The van der Waals surface area contributed by atoms with E-state index < -0.39 is 5.97 Å². The van der Waals surface area contributed by atoms with Gasteiger partial charge in [0, 0.05) is 12.0 Å². The van der Waals surface area contributed by atoms with Crippen LogP contribution >= 0.6 is 0 Å². The molecule has 33 heavy (non-hydrogen) atoms. The number of carbonyl (C=O) groups excluding carboxylic acids is 2. The molecule has 0 heterocycles. The van der Waals surface area contributed by atoms with Crippen LogP contribution in [-0.2, 0) is 4.79 Å². The number of carbonyl (C=O) groups is 2. The van der Waals surface area contributed by atoms with E-state index in [1.165, 1.54) is 19.3 Å². The number of amides is 1. The van der Waals surface area contributed by atoms with Crippen LogP contribution in [0.5, 0.6) is 5.75 Å². The summed E-state index contributed by atoms with van der Waals surface area (Å²) in [6.07, 6.45) is 8.77. The zero-order valence-electron chi connectivity index (χ0n) is 19.5. The lowest BCUT2D eigenvalue weighted by molar-refractivity contribution is -0.121. The number of rotatable bonds is 11. The molecule has 0 aliphatic carbocycles. The summed E-state index contributed by atoms with van der Waals surface area (Å²) in [5, 5.41) is 6.04. The molecule has 0 saturated heterocycles. The molecule has 5 nitrogen and oxygen atoms in total. The Labute approximate surface area is 195 Å². The summed E-state index contributed by atoms with van der Waals surface area (Å²) >= 11 is 0. The Hall–Kier alpha value is -3.47. The monoisotopic (exact) mass is 444 g/mol. The number of hydrogen-bond donors (Lipinski definition) is 1. The lowest BCUT2D eigenvalue weighted by Gasteiger charge is -2.11. The number of hydrazone groups is 1. The molecule has 0 fully saturated rings. The highest BCUT2D eigenvalue weighted by Gasteiger charge is 2.13. The van der Waals surface area contributed by atoms with Gasteiger partial charge in [-0.3, -0.25) is 4.79 Å². The van der Waals surface area contributed by atoms with Gasteiger partial charge in [-0.2, -0.15) is 5.10 Å². The van der Waals surface area contributed by atoms with Gasteiger partial charge in [-0.05, 0) is 42.3 Å². The molecule has 1 N–H and O–H groups in total. The van der Waals surface area contributed by atoms with Gasteiger partial charge in [-0.1, -0.05) is 87.1 Å². The first-order chi connectivity index (χ1) is 16.1. The SMILES string of the molecule is CCCCCCCCC(=O)N/N=C/c1c(OC(=O)c2ccc(C)cc2)ccc2ccccc12. The number of nitrogens with one attached hydrogen (secondary N) is 1. The Morgan fingerprint density at radius 1 is 0.909 bits per heavy atom. The van der Waals surface area contributed by atoms with Crippen molar-refractivity contribution in [2.45, 2.75) is 58.8 Å². The molecule has 0 bridgehead atoms. The minimum atomic E-state index is -0.438. The molecule has 5 heteroatoms. The van der Waals surface area contributed by atoms with Crippen molar-refractivity contribution in [3.63, 3.8) is 0 Å². The first kappa shape index (κ1) is 24.2. The van der Waals surface area contributed by atoms with E-state index in [0.717, 1.165) is 35.6 Å². The molecule has 3 aromatic carbocycles. The van der Waals surface area contributed by atoms with E-state index in [0.29, 0.717) is 23.3 Å². The molecular formula is C28H32N2O3. The standard InChI is InChI=1S/C28H32N2O3/c1-3-4-5-6-7-8-13-27(31)30-29-20-25-24-12-10-9-11-22(24)18-19-26(25)33-28(32)23-16-14-21(2)15-17-23/h9-12,14-20H,3-8,13H2,1-2H3,(H,30,31)/b29-20+. The third-order valence-electron chi connectivity index (χ3n) is 5.56. The number of fused-ring (bicyclic) bond motifs is 1. The van der Waals surface area contributed by atoms with E-state index in [9.17, 15) is 9.59 Å². The maximum Gasteiger partial charge on any atom is 0.343 e. The smallest absolute Gasteiger partial charge is 0.343 e. The van der Waals surface area contributed by atoms with E-state index >= 15 is 0 Å². The summed E-state index contributed by atoms with van der Waals surface area (Å²) in [5.74, 6) is -0.152. The lowest BCUT2D eigenvalue weighted by atomic mass is 10.0. The normalized spacial score (nSPS) is 11.1. The highest BCUT2D eigenvalue weighted by atomic mass is 16.5. The van der Waals surface area contributed by atoms with Crippen molar-refractivity contribution in [1.82, 2.24) is 5.43 Å². The third-order valence-corrected chi connectivity index (χ3v) is 5.56. The first-order valence-electron chi connectivity index (χ1n) is 11.7. The van der Waals surface area contributed by atoms with Gasteiger partial charge >= 0.3 is 5.97 Å². The van der Waals surface area contributed by atoms with Crippen LogP contribution in [0.15, 0.2) is 65.8 Å². The second-order valence-electron chi connectivity index (χ2n) is 8.27. The van der Waals surface area contributed by atoms with Crippen molar-refractivity contribution < 1.29 is 14.3 Å². The quantitative estimate of drug-likeness (QED) is 0.120. The Morgan fingerprint density at radius 2 is 1.64 bits per heavy atom. The van der Waals surface area contributed by atoms with Gasteiger partial charge in [0.05, 0.1) is 11.8 Å². The van der Waals surface area contributed by atoms with Crippen molar-refractivity contribution >= 4 is 28.9 Å². The molecule has 0 aromatic heterocycles. The van der Waals surface area contributed by atoms with Crippen molar-refractivity contribution in [3.8, 4) is 5.75 Å². The number of hydrogen-bond acceptors (Lipinski definition) is 4. The average molecular weight is 445 g/mol. The number of benzene rings is 3. The van der Waals surface area contributed by atoms with Crippen LogP contribution in [0.25, 0.3) is 10.8 Å². The van der Waals surface area contributed by atoms with E-state index in [2.05, 4.69) is 17.5 Å². The molecule has 0 spiro atoms. The average Bonchev–Trinajstić information content (AvgIpc) is 2.82. The number of esters is 1. The molecule has 3 aromatic rings. The maximum atomic E-state index is 12.7. The molecule has 0 aliphatic heterocycles. The van der Waals surface area contributed by atoms with Crippen LogP contribution in [0.4, 0.5) is 0 Å². The van der Waals surface area contributed by atoms with Crippen molar-refractivity contribution in [1.29, 1.82) is 0 Å². The fraction of sp³-hybridized carbons (Fsp3) is 0.321. The van der Waals surface area contributed by atoms with Gasteiger partial charge in [0.15, 0.2) is 0 Å². The van der Waals surface area contributed by atoms with Gasteiger partial charge in [0.25, 0.3) is 0 Å². The maximum absolute atomic E-state index is 12.7. The number of nitrogens with zero attached hydrogens (tertiary/aromatic N) is 1. The zero-order chi connectivity index (χ0) is 23.5. The Balaban J connectivity index is 1.69. The zero-order valence-corrected chi connectivity index (χ0v) is 19.5. The molecule has 3 rings (SSSR count). The summed E-state index contributed by atoms with van der Waals surface area (Å²) in [7, 11) is 0. The Kier molecular flexibility index (Phi) is 9.19. The van der Waals surface area contributed by atoms with Crippen LogP contribution < -0.4 is 10.2 Å². The topological polar surface area (TPSA) is 67.8 Å². The lowest BCUT2D eigenvalue weighted by Crippen LogP contribution is -2.17. The van der Waals surface area contributed by atoms with Crippen molar-refractivity contribution in [3.05, 3.63) is 77.4 Å². The van der Waals surface area contributed by atoms with Crippen LogP contribution in [-0.4, -0.2) is 18.1 Å². The molecule has 0 atom stereocenters. The predicted molar refractivity (Wildman–Crippen MR) is 134 cm³/mol. The second-order valence-corrected chi connectivity index (χ2v) is 8.27. The van der Waals surface area contributed by atoms with Crippen LogP contribution in [0.3, 0.4) is 0 Å². The summed E-state index contributed by atoms with van der Waals surface area (Å²) < 4.78 is 5.71. The van der Waals surface area contributed by atoms with E-state index in [1.54, 1.807) is 24.4 Å². The molecule has 172 valence electrons. The minimum Gasteiger partial charge on any atom is -0.422 e. The van der Waals surface area contributed by atoms with Gasteiger partial charge in [0.2, 0.25) is 5.91 Å². The Morgan fingerprint density at radius 3 is 2.42 bits per heavy atom. The molecule has 0 saturated carbocycles. The van der Waals surface area contributed by atoms with E-state index in [1.807, 2.05) is 49.4 Å². The van der Waals surface area contributed by atoms with Gasteiger partial charge < -0.3 is 4.74 Å². The highest BCUT2D eigenvalue weighted by Crippen LogP contribution is 2.27. The number of unbranched alkanes of at least 4 members (excludes halogenated alkanes) is 5.